The fraction of sp³-hybridized carbons (Fsp3) is 1.00. The molecule has 0 spiro atoms. The van der Waals surface area contributed by atoms with Crippen molar-refractivity contribution in [3.05, 3.63) is 0 Å². The van der Waals surface area contributed by atoms with E-state index in [-0.39, 0.29) is 0 Å². The summed E-state index contributed by atoms with van der Waals surface area (Å²) in [6.07, 6.45) is 8.73. The van der Waals surface area contributed by atoms with Gasteiger partial charge in [0.1, 0.15) is 0 Å². The van der Waals surface area contributed by atoms with Gasteiger partial charge in [0.05, 0.1) is 0 Å². The Hall–Kier alpha value is -0.0800. The molecule has 17 heavy (non-hydrogen) atoms. The van der Waals surface area contributed by atoms with Crippen LogP contribution in [0.3, 0.4) is 0 Å². The lowest BCUT2D eigenvalue weighted by Gasteiger charge is -2.49. The van der Waals surface area contributed by atoms with E-state index in [1.807, 2.05) is 0 Å². The highest BCUT2D eigenvalue weighted by Crippen LogP contribution is 2.46. The summed E-state index contributed by atoms with van der Waals surface area (Å²) in [4.78, 5) is 2.76. The summed E-state index contributed by atoms with van der Waals surface area (Å²) in [6, 6.07) is 0. The van der Waals surface area contributed by atoms with Crippen molar-refractivity contribution >= 4 is 0 Å². The van der Waals surface area contributed by atoms with Gasteiger partial charge in [-0.3, -0.25) is 4.90 Å². The molecular formula is C15H28N2. The summed E-state index contributed by atoms with van der Waals surface area (Å²) in [5.41, 5.74) is 1.12. The van der Waals surface area contributed by atoms with Gasteiger partial charge >= 0.3 is 0 Å². The van der Waals surface area contributed by atoms with Crippen LogP contribution < -0.4 is 5.32 Å². The normalized spacial score (nSPS) is 37.8. The molecule has 0 amide bonds. The van der Waals surface area contributed by atoms with Crippen molar-refractivity contribution in [2.45, 2.75) is 57.9 Å². The second-order valence-corrected chi connectivity index (χ2v) is 7.04. The predicted molar refractivity (Wildman–Crippen MR) is 72.1 cm³/mol. The monoisotopic (exact) mass is 236 g/mol. The lowest BCUT2D eigenvalue weighted by atomic mass is 9.66. The SMILES string of the molecule is CCC1(CN2CCNC(C)(C3CC3)C2)CCC1. The van der Waals surface area contributed by atoms with Crippen LogP contribution in [0.25, 0.3) is 0 Å². The molecule has 1 aliphatic heterocycles. The molecule has 98 valence electrons. The van der Waals surface area contributed by atoms with E-state index >= 15 is 0 Å². The number of hydrogen-bond acceptors (Lipinski definition) is 2. The van der Waals surface area contributed by atoms with Gasteiger partial charge in [-0.1, -0.05) is 13.3 Å². The minimum Gasteiger partial charge on any atom is -0.309 e. The van der Waals surface area contributed by atoms with Crippen LogP contribution in [0, 0.1) is 11.3 Å². The van der Waals surface area contributed by atoms with E-state index < -0.39 is 0 Å². The summed E-state index contributed by atoms with van der Waals surface area (Å²) in [5.74, 6) is 0.962. The Morgan fingerprint density at radius 3 is 2.59 bits per heavy atom. The average Bonchev–Trinajstić information content (AvgIpc) is 3.07. The standard InChI is InChI=1S/C15H28N2/c1-3-15(7-4-8-15)12-17-10-9-16-14(2,11-17)13-5-6-13/h13,16H,3-12H2,1-2H3. The first-order valence-corrected chi connectivity index (χ1v) is 7.63. The van der Waals surface area contributed by atoms with Crippen molar-refractivity contribution in [3.63, 3.8) is 0 Å². The molecular weight excluding hydrogens is 208 g/mol. The summed E-state index contributed by atoms with van der Waals surface area (Å²) in [5, 5.41) is 3.79. The zero-order valence-corrected chi connectivity index (χ0v) is 11.6. The van der Waals surface area contributed by atoms with Gasteiger partial charge in [-0.05, 0) is 50.4 Å². The Balaban J connectivity index is 1.60. The van der Waals surface area contributed by atoms with Gasteiger partial charge in [0.2, 0.25) is 0 Å². The van der Waals surface area contributed by atoms with Gasteiger partial charge in [-0.2, -0.15) is 0 Å². The van der Waals surface area contributed by atoms with E-state index in [4.69, 9.17) is 0 Å². The van der Waals surface area contributed by atoms with E-state index in [0.29, 0.717) is 11.0 Å². The van der Waals surface area contributed by atoms with Gasteiger partial charge in [0.25, 0.3) is 0 Å². The highest BCUT2D eigenvalue weighted by atomic mass is 15.2. The largest absolute Gasteiger partial charge is 0.309 e. The Morgan fingerprint density at radius 2 is 2.06 bits per heavy atom. The van der Waals surface area contributed by atoms with Crippen LogP contribution >= 0.6 is 0 Å². The van der Waals surface area contributed by atoms with Gasteiger partial charge < -0.3 is 5.32 Å². The number of nitrogens with one attached hydrogen (secondary N) is 1. The Bertz CT molecular complexity index is 273. The maximum Gasteiger partial charge on any atom is 0.0309 e. The molecule has 3 fully saturated rings. The maximum atomic E-state index is 3.79. The summed E-state index contributed by atoms with van der Waals surface area (Å²) in [6.45, 7) is 9.97. The van der Waals surface area contributed by atoms with Crippen molar-refractivity contribution in [3.8, 4) is 0 Å². The van der Waals surface area contributed by atoms with Crippen LogP contribution in [0.15, 0.2) is 0 Å². The molecule has 0 aromatic rings. The first kappa shape index (κ1) is 12.0. The van der Waals surface area contributed by atoms with E-state index in [0.717, 1.165) is 5.92 Å². The maximum absolute atomic E-state index is 3.79. The number of hydrogen-bond donors (Lipinski definition) is 1. The summed E-state index contributed by atoms with van der Waals surface area (Å²) < 4.78 is 0. The topological polar surface area (TPSA) is 15.3 Å². The molecule has 0 aromatic carbocycles. The second-order valence-electron chi connectivity index (χ2n) is 7.04. The Morgan fingerprint density at radius 1 is 1.29 bits per heavy atom. The van der Waals surface area contributed by atoms with E-state index in [2.05, 4.69) is 24.1 Å². The van der Waals surface area contributed by atoms with Crippen LogP contribution in [-0.2, 0) is 0 Å². The van der Waals surface area contributed by atoms with Crippen molar-refractivity contribution in [1.29, 1.82) is 0 Å². The molecule has 2 nitrogen and oxygen atoms in total. The molecule has 1 heterocycles. The first-order valence-electron chi connectivity index (χ1n) is 7.63. The summed E-state index contributed by atoms with van der Waals surface area (Å²) in [7, 11) is 0. The zero-order valence-electron chi connectivity index (χ0n) is 11.6. The van der Waals surface area contributed by atoms with Crippen LogP contribution in [0.4, 0.5) is 0 Å². The number of piperazine rings is 1. The minimum absolute atomic E-state index is 0.428. The minimum atomic E-state index is 0.428. The molecule has 1 saturated heterocycles. The molecule has 1 unspecified atom stereocenters. The van der Waals surface area contributed by atoms with E-state index in [1.165, 1.54) is 64.7 Å². The third kappa shape index (κ3) is 2.26. The lowest BCUT2D eigenvalue weighted by molar-refractivity contribution is 0.0294. The number of rotatable bonds is 4. The van der Waals surface area contributed by atoms with Crippen molar-refractivity contribution in [1.82, 2.24) is 10.2 Å². The molecule has 3 aliphatic rings. The molecule has 2 saturated carbocycles. The van der Waals surface area contributed by atoms with E-state index in [1.54, 1.807) is 0 Å². The van der Waals surface area contributed by atoms with Crippen molar-refractivity contribution < 1.29 is 0 Å². The van der Waals surface area contributed by atoms with Crippen LogP contribution in [-0.4, -0.2) is 36.6 Å². The fourth-order valence-electron chi connectivity index (χ4n) is 4.00. The van der Waals surface area contributed by atoms with Crippen LogP contribution in [0.2, 0.25) is 0 Å². The Kier molecular flexibility index (Phi) is 2.99. The first-order chi connectivity index (χ1) is 8.16. The summed E-state index contributed by atoms with van der Waals surface area (Å²) >= 11 is 0. The van der Waals surface area contributed by atoms with Gasteiger partial charge in [-0.15, -0.1) is 0 Å². The molecule has 0 radical (unpaired) electrons. The highest BCUT2D eigenvalue weighted by molar-refractivity contribution is 5.03. The molecule has 2 heteroatoms. The molecule has 3 rings (SSSR count). The van der Waals surface area contributed by atoms with Crippen LogP contribution in [0.1, 0.15) is 52.4 Å². The Labute approximate surface area is 106 Å². The molecule has 0 bridgehead atoms. The van der Waals surface area contributed by atoms with Crippen molar-refractivity contribution in [2.75, 3.05) is 26.2 Å². The van der Waals surface area contributed by atoms with Crippen LogP contribution in [0.5, 0.6) is 0 Å². The fourth-order valence-corrected chi connectivity index (χ4v) is 4.00. The molecule has 1 N–H and O–H groups in total. The third-order valence-corrected chi connectivity index (χ3v) is 5.71. The van der Waals surface area contributed by atoms with Gasteiger partial charge in [-0.25, -0.2) is 0 Å². The quantitative estimate of drug-likeness (QED) is 0.807. The number of nitrogens with zero attached hydrogens (tertiary/aromatic N) is 1. The highest BCUT2D eigenvalue weighted by Gasteiger charge is 2.45. The van der Waals surface area contributed by atoms with E-state index in [9.17, 15) is 0 Å². The second kappa shape index (κ2) is 4.24. The zero-order chi connectivity index (χ0) is 11.9. The molecule has 1 atom stereocenters. The predicted octanol–water partition coefficient (Wildman–Crippen LogP) is 2.64. The molecule has 0 aromatic heterocycles. The lowest BCUT2D eigenvalue weighted by Crippen LogP contribution is -2.61. The molecule has 2 aliphatic carbocycles. The average molecular weight is 236 g/mol. The van der Waals surface area contributed by atoms with Gasteiger partial charge in [0, 0.05) is 31.7 Å². The van der Waals surface area contributed by atoms with Gasteiger partial charge in [0.15, 0.2) is 0 Å². The van der Waals surface area contributed by atoms with Crippen molar-refractivity contribution in [2.24, 2.45) is 11.3 Å². The smallest absolute Gasteiger partial charge is 0.0309 e. The third-order valence-electron chi connectivity index (χ3n) is 5.71.